The van der Waals surface area contributed by atoms with Gasteiger partial charge in [0.15, 0.2) is 17.3 Å². The first-order valence-electron chi connectivity index (χ1n) is 16.3. The maximum atomic E-state index is 16.3. The maximum absolute atomic E-state index is 16.3. The molecule has 0 unspecified atom stereocenters. The number of aromatic nitrogens is 8. The van der Waals surface area contributed by atoms with E-state index in [1.54, 1.807) is 21.3 Å². The highest BCUT2D eigenvalue weighted by Crippen LogP contribution is 2.41. The highest BCUT2D eigenvalue weighted by molar-refractivity contribution is 6.31. The Labute approximate surface area is 322 Å². The Hall–Kier alpha value is -6.90. The number of nitrogens with two attached hydrogens (primary N) is 2. The van der Waals surface area contributed by atoms with Gasteiger partial charge in [0.05, 0.1) is 47.5 Å². The summed E-state index contributed by atoms with van der Waals surface area (Å²) in [4.78, 5) is 34.5. The third kappa shape index (κ3) is 5.91. The van der Waals surface area contributed by atoms with Crippen LogP contribution >= 0.6 is 23.2 Å². The van der Waals surface area contributed by atoms with Gasteiger partial charge in [-0.1, -0.05) is 23.2 Å². The molecular formula is C34H26Cl2F2N14O4. The molecule has 1 aliphatic rings. The molecule has 4 heterocycles. The smallest absolute Gasteiger partial charge is 0.252 e. The topological polar surface area (TPSA) is 243 Å². The van der Waals surface area contributed by atoms with Crippen LogP contribution in [0.5, 0.6) is 11.5 Å². The molecule has 284 valence electrons. The summed E-state index contributed by atoms with van der Waals surface area (Å²) in [5.74, 6) is -2.66. The van der Waals surface area contributed by atoms with E-state index in [0.29, 0.717) is 11.0 Å². The van der Waals surface area contributed by atoms with E-state index in [9.17, 15) is 9.59 Å². The molecule has 2 amide bonds. The second kappa shape index (κ2) is 14.1. The van der Waals surface area contributed by atoms with E-state index in [2.05, 4.69) is 42.2 Å². The highest BCUT2D eigenvalue weighted by atomic mass is 35.5. The number of nitrogens with zero attached hydrogens (tertiary/aromatic N) is 8. The second-order valence-corrected chi connectivity index (χ2v) is 13.0. The fourth-order valence-electron chi connectivity index (χ4n) is 6.74. The number of methoxy groups -OCH3 is 2. The van der Waals surface area contributed by atoms with Crippen LogP contribution < -0.4 is 37.4 Å². The molecule has 8 N–H and O–H groups in total. The zero-order chi connectivity index (χ0) is 39.4. The van der Waals surface area contributed by atoms with Gasteiger partial charge in [0.2, 0.25) is 5.82 Å². The van der Waals surface area contributed by atoms with Crippen LogP contribution in [-0.4, -0.2) is 71.6 Å². The molecule has 4 aromatic carbocycles. The van der Waals surface area contributed by atoms with Crippen LogP contribution in [-0.2, 0) is 13.1 Å². The predicted octanol–water partition coefficient (Wildman–Crippen LogP) is 3.67. The average Bonchev–Trinajstić information content (AvgIpc) is 3.99. The number of amides is 2. The fraction of sp³-hybridized carbons (Fsp3) is 0.118. The molecule has 8 rings (SSSR count). The molecule has 3 aromatic heterocycles. The fourth-order valence-corrected chi connectivity index (χ4v) is 7.15. The number of carbonyl (C=O) groups is 2. The molecule has 7 aromatic rings. The van der Waals surface area contributed by atoms with Gasteiger partial charge in [-0.2, -0.15) is 5.21 Å². The molecule has 22 heteroatoms. The second-order valence-electron chi connectivity index (χ2n) is 12.1. The number of ether oxygens (including phenoxy) is 2. The Morgan fingerprint density at radius 3 is 1.75 bits per heavy atom. The largest absolute Gasteiger partial charge is 0.494 e. The van der Waals surface area contributed by atoms with Gasteiger partial charge in [-0.15, -0.1) is 20.8 Å². The lowest BCUT2D eigenvalue weighted by atomic mass is 10.0. The number of hydrazine groups is 2. The molecule has 0 saturated carbocycles. The number of aryl methyl sites for hydroxylation is 2. The molecule has 0 spiro atoms. The number of benzene rings is 4. The van der Waals surface area contributed by atoms with Gasteiger partial charge in [0, 0.05) is 34.3 Å². The van der Waals surface area contributed by atoms with E-state index in [1.165, 1.54) is 38.5 Å². The van der Waals surface area contributed by atoms with Crippen molar-refractivity contribution in [1.29, 1.82) is 0 Å². The van der Waals surface area contributed by atoms with Crippen LogP contribution in [0.2, 0.25) is 10.0 Å². The van der Waals surface area contributed by atoms with Crippen molar-refractivity contribution in [3.8, 4) is 45.7 Å². The van der Waals surface area contributed by atoms with E-state index in [1.807, 2.05) is 0 Å². The van der Waals surface area contributed by atoms with Crippen LogP contribution in [0, 0.1) is 11.6 Å². The van der Waals surface area contributed by atoms with Crippen molar-refractivity contribution in [2.45, 2.75) is 13.1 Å². The predicted molar refractivity (Wildman–Crippen MR) is 200 cm³/mol. The number of halogens is 4. The Balaban J connectivity index is 1.39. The molecule has 18 nitrogen and oxygen atoms in total. The molecule has 0 aliphatic carbocycles. The summed E-state index contributed by atoms with van der Waals surface area (Å²) >= 11 is 12.6. The Morgan fingerprint density at radius 2 is 1.30 bits per heavy atom. The third-order valence-electron chi connectivity index (χ3n) is 9.04. The van der Waals surface area contributed by atoms with Crippen molar-refractivity contribution in [1.82, 2.24) is 56.2 Å². The standard InChI is InChI=1S/C34H26Cl2F2N14O4/c1-55-27-15(29(39)53)3-5-21-25(27)41-33(23-17(31-43-47-48-44-31)9-13(35)11-19(23)37)51(21)7-8-52-22-6-4-16(30(40)54)28(56-2)26(22)42-34(52)24-18(32-45-49-50-46-32)10-14(36)12-20(24)38/h3-6,9-12,47-48H,7-8H2,1-2H3,(H2,39,53)(H2,40,54)(H,43,44)(H,45,46,49,50). The summed E-state index contributed by atoms with van der Waals surface area (Å²) in [6.07, 6.45) is 0. The Bertz CT molecular complexity index is 2790. The summed E-state index contributed by atoms with van der Waals surface area (Å²) in [5.41, 5.74) is 20.9. The number of hydrogen-bond acceptors (Lipinski definition) is 13. The highest BCUT2D eigenvalue weighted by Gasteiger charge is 2.29. The van der Waals surface area contributed by atoms with Crippen LogP contribution in [0.1, 0.15) is 26.3 Å². The van der Waals surface area contributed by atoms with Crippen molar-refractivity contribution < 1.29 is 27.8 Å². The summed E-state index contributed by atoms with van der Waals surface area (Å²) in [6, 6.07) is 11.3. The van der Waals surface area contributed by atoms with Crippen molar-refractivity contribution in [2.24, 2.45) is 16.6 Å². The summed E-state index contributed by atoms with van der Waals surface area (Å²) in [5, 5.41) is 18.4. The van der Waals surface area contributed by atoms with Gasteiger partial charge in [0.25, 0.3) is 11.8 Å². The lowest BCUT2D eigenvalue weighted by Crippen LogP contribution is -2.35. The molecule has 0 bridgehead atoms. The van der Waals surface area contributed by atoms with Gasteiger partial charge in [-0.25, -0.2) is 24.3 Å². The normalized spacial score (nSPS) is 12.5. The van der Waals surface area contributed by atoms with E-state index < -0.39 is 23.4 Å². The minimum absolute atomic E-state index is 0.00604. The van der Waals surface area contributed by atoms with Gasteiger partial charge < -0.3 is 30.1 Å². The third-order valence-corrected chi connectivity index (χ3v) is 9.47. The number of hydrazone groups is 1. The number of H-pyrrole nitrogens is 1. The van der Waals surface area contributed by atoms with Crippen LogP contribution in [0.3, 0.4) is 0 Å². The number of tetrazole rings is 1. The number of rotatable bonds is 11. The lowest BCUT2D eigenvalue weighted by Gasteiger charge is -2.17. The zero-order valence-electron chi connectivity index (χ0n) is 28.9. The van der Waals surface area contributed by atoms with E-state index in [-0.39, 0.29) is 102 Å². The average molecular weight is 804 g/mol. The lowest BCUT2D eigenvalue weighted by molar-refractivity contribution is 0.0989. The van der Waals surface area contributed by atoms with Gasteiger partial charge >= 0.3 is 0 Å². The number of fused-ring (bicyclic) bond motifs is 2. The molecule has 56 heavy (non-hydrogen) atoms. The number of imidazole rings is 2. The first-order valence-corrected chi connectivity index (χ1v) is 17.1. The zero-order valence-corrected chi connectivity index (χ0v) is 30.4. The van der Waals surface area contributed by atoms with Crippen LogP contribution in [0.15, 0.2) is 53.6 Å². The monoisotopic (exact) mass is 802 g/mol. The number of nitrogens with one attached hydrogen (secondary N) is 4. The summed E-state index contributed by atoms with van der Waals surface area (Å²) < 4.78 is 47.2. The summed E-state index contributed by atoms with van der Waals surface area (Å²) in [6.45, 7) is -0.0161. The summed E-state index contributed by atoms with van der Waals surface area (Å²) in [7, 11) is 2.69. The maximum Gasteiger partial charge on any atom is 0.252 e. The molecule has 0 fully saturated rings. The minimum Gasteiger partial charge on any atom is -0.494 e. The number of amidine groups is 1. The molecule has 0 saturated heterocycles. The van der Waals surface area contributed by atoms with Crippen LogP contribution in [0.4, 0.5) is 8.78 Å². The van der Waals surface area contributed by atoms with E-state index in [0.717, 1.165) is 12.1 Å². The molecule has 1 aliphatic heterocycles. The Kier molecular flexibility index (Phi) is 9.07. The number of carbonyl (C=O) groups excluding carboxylic acids is 2. The van der Waals surface area contributed by atoms with Gasteiger partial charge in [-0.05, 0) is 53.7 Å². The van der Waals surface area contributed by atoms with Crippen LogP contribution in [0.25, 0.3) is 56.2 Å². The molecular weight excluding hydrogens is 777 g/mol. The first kappa shape index (κ1) is 36.1. The number of aromatic amines is 1. The number of hydrogen-bond donors (Lipinski definition) is 6. The quantitative estimate of drug-likeness (QED) is 0.110. The van der Waals surface area contributed by atoms with Crippen molar-refractivity contribution in [3.63, 3.8) is 0 Å². The van der Waals surface area contributed by atoms with E-state index >= 15 is 8.78 Å². The van der Waals surface area contributed by atoms with Gasteiger partial charge in [-0.3, -0.25) is 15.0 Å². The molecule has 0 atom stereocenters. The van der Waals surface area contributed by atoms with E-state index in [4.69, 9.17) is 54.1 Å². The molecule has 0 radical (unpaired) electrons. The first-order chi connectivity index (χ1) is 27.0. The number of primary amides is 2. The van der Waals surface area contributed by atoms with Gasteiger partial charge in [0.1, 0.15) is 34.3 Å². The van der Waals surface area contributed by atoms with Crippen molar-refractivity contribution in [2.75, 3.05) is 14.2 Å². The Morgan fingerprint density at radius 1 is 0.786 bits per heavy atom. The minimum atomic E-state index is -0.781. The van der Waals surface area contributed by atoms with Crippen molar-refractivity contribution >= 4 is 62.9 Å². The van der Waals surface area contributed by atoms with Crippen molar-refractivity contribution in [3.05, 3.63) is 86.9 Å². The SMILES string of the molecule is COc1c(C(N)=O)ccc2c1nc(-c1c(F)cc(Cl)cc1C1=NNNN1)n2CCn1c(-c2c(F)cc(Cl)cc2-c2nn[nH]n2)nc2c(OC)c(C(N)=O)ccc21.